The number of halogens is 2. The van der Waals surface area contributed by atoms with Crippen molar-refractivity contribution in [3.63, 3.8) is 0 Å². The summed E-state index contributed by atoms with van der Waals surface area (Å²) < 4.78 is 42.7. The van der Waals surface area contributed by atoms with Crippen molar-refractivity contribution in [2.75, 3.05) is 20.3 Å². The lowest BCUT2D eigenvalue weighted by molar-refractivity contribution is -0.140. The minimum Gasteiger partial charge on any atom is -0.460 e. The Balaban J connectivity index is 2.08. The quantitative estimate of drug-likeness (QED) is 0.625. The van der Waals surface area contributed by atoms with Crippen LogP contribution in [0.3, 0.4) is 0 Å². The highest BCUT2D eigenvalue weighted by Crippen LogP contribution is 2.44. The minimum absolute atomic E-state index is 0.0313. The monoisotopic (exact) mass is 379 g/mol. The highest BCUT2D eigenvalue weighted by atomic mass is 19.2. The summed E-state index contributed by atoms with van der Waals surface area (Å²) >= 11 is 0. The first-order chi connectivity index (χ1) is 12.9. The second kappa shape index (κ2) is 7.87. The van der Waals surface area contributed by atoms with E-state index in [2.05, 4.69) is 0 Å². The standard InChI is InChI=1S/C19H19F2NO5/c1-25-7-8-26-19(24)17-15(10-5-6-11(20)12(21)9-10)16-13(23)3-2-4-14(16)27-18(17)22/h5-6,9,15H,2-4,7-8,22H2,1H3/t15-/m1/s1. The van der Waals surface area contributed by atoms with Crippen LogP contribution in [0.4, 0.5) is 8.78 Å². The molecule has 0 fully saturated rings. The number of Topliss-reactive ketones (excluding diaryl/α,β-unsaturated/α-hetero) is 1. The van der Waals surface area contributed by atoms with Crippen molar-refractivity contribution < 1.29 is 32.6 Å². The number of allylic oxidation sites excluding steroid dienone is 2. The van der Waals surface area contributed by atoms with Crippen LogP contribution >= 0.6 is 0 Å². The zero-order valence-electron chi connectivity index (χ0n) is 14.7. The second-order valence-electron chi connectivity index (χ2n) is 6.23. The van der Waals surface area contributed by atoms with Crippen molar-refractivity contribution in [2.45, 2.75) is 25.2 Å². The summed E-state index contributed by atoms with van der Waals surface area (Å²) in [6.07, 6.45) is 1.32. The Kier molecular flexibility index (Phi) is 5.55. The molecule has 1 aliphatic carbocycles. The lowest BCUT2D eigenvalue weighted by Crippen LogP contribution is -2.32. The topological polar surface area (TPSA) is 87.8 Å². The lowest BCUT2D eigenvalue weighted by Gasteiger charge is -2.32. The van der Waals surface area contributed by atoms with Crippen LogP contribution in [0.1, 0.15) is 30.7 Å². The van der Waals surface area contributed by atoms with Gasteiger partial charge in [-0.2, -0.15) is 0 Å². The van der Waals surface area contributed by atoms with E-state index in [1.165, 1.54) is 13.2 Å². The van der Waals surface area contributed by atoms with Gasteiger partial charge in [0.05, 0.1) is 12.5 Å². The van der Waals surface area contributed by atoms with Crippen LogP contribution in [-0.4, -0.2) is 32.1 Å². The first-order valence-electron chi connectivity index (χ1n) is 8.48. The Morgan fingerprint density at radius 1 is 1.26 bits per heavy atom. The van der Waals surface area contributed by atoms with Gasteiger partial charge in [-0.25, -0.2) is 13.6 Å². The molecule has 0 saturated carbocycles. The predicted octanol–water partition coefficient (Wildman–Crippen LogP) is 2.45. The van der Waals surface area contributed by atoms with Gasteiger partial charge >= 0.3 is 5.97 Å². The van der Waals surface area contributed by atoms with Crippen molar-refractivity contribution in [3.8, 4) is 0 Å². The minimum atomic E-state index is -1.09. The molecule has 6 nitrogen and oxygen atoms in total. The van der Waals surface area contributed by atoms with E-state index in [1.807, 2.05) is 0 Å². The average Bonchev–Trinajstić information content (AvgIpc) is 2.63. The molecule has 0 spiro atoms. The fourth-order valence-electron chi connectivity index (χ4n) is 3.28. The molecule has 8 heteroatoms. The Labute approximate surface area is 154 Å². The maximum Gasteiger partial charge on any atom is 0.340 e. The van der Waals surface area contributed by atoms with Crippen LogP contribution < -0.4 is 5.73 Å². The largest absolute Gasteiger partial charge is 0.460 e. The van der Waals surface area contributed by atoms with E-state index < -0.39 is 23.5 Å². The van der Waals surface area contributed by atoms with E-state index in [4.69, 9.17) is 19.9 Å². The summed E-state index contributed by atoms with van der Waals surface area (Å²) in [7, 11) is 1.45. The number of ketones is 1. The van der Waals surface area contributed by atoms with Crippen LogP contribution in [0, 0.1) is 11.6 Å². The van der Waals surface area contributed by atoms with Gasteiger partial charge < -0.3 is 19.9 Å². The summed E-state index contributed by atoms with van der Waals surface area (Å²) in [5.74, 6) is -3.98. The Bertz CT molecular complexity index is 847. The fraction of sp³-hybridized carbons (Fsp3) is 0.368. The number of nitrogens with two attached hydrogens (primary N) is 1. The number of esters is 1. The Hall–Kier alpha value is -2.74. The molecular weight excluding hydrogens is 360 g/mol. The highest BCUT2D eigenvalue weighted by molar-refractivity contribution is 6.03. The van der Waals surface area contributed by atoms with Crippen molar-refractivity contribution in [2.24, 2.45) is 5.73 Å². The van der Waals surface area contributed by atoms with Crippen molar-refractivity contribution >= 4 is 11.8 Å². The van der Waals surface area contributed by atoms with Crippen molar-refractivity contribution in [1.82, 2.24) is 0 Å². The molecule has 1 aromatic carbocycles. The van der Waals surface area contributed by atoms with Gasteiger partial charge in [0.1, 0.15) is 17.9 Å². The van der Waals surface area contributed by atoms with Gasteiger partial charge in [-0.05, 0) is 24.1 Å². The maximum atomic E-state index is 13.8. The number of benzene rings is 1. The van der Waals surface area contributed by atoms with E-state index >= 15 is 0 Å². The van der Waals surface area contributed by atoms with Gasteiger partial charge in [-0.1, -0.05) is 6.07 Å². The summed E-state index contributed by atoms with van der Waals surface area (Å²) in [4.78, 5) is 25.2. The van der Waals surface area contributed by atoms with Crippen LogP contribution in [0.25, 0.3) is 0 Å². The second-order valence-corrected chi connectivity index (χ2v) is 6.23. The molecule has 0 radical (unpaired) electrons. The lowest BCUT2D eigenvalue weighted by atomic mass is 9.77. The zero-order chi connectivity index (χ0) is 19.6. The maximum absolute atomic E-state index is 13.8. The van der Waals surface area contributed by atoms with E-state index in [9.17, 15) is 18.4 Å². The highest BCUT2D eigenvalue weighted by Gasteiger charge is 2.41. The third-order valence-corrected chi connectivity index (χ3v) is 4.50. The third kappa shape index (κ3) is 3.71. The molecular formula is C19H19F2NO5. The summed E-state index contributed by atoms with van der Waals surface area (Å²) in [5, 5.41) is 0. The van der Waals surface area contributed by atoms with Crippen molar-refractivity contribution in [3.05, 3.63) is 58.2 Å². The van der Waals surface area contributed by atoms with E-state index in [0.717, 1.165) is 12.1 Å². The molecule has 0 amide bonds. The van der Waals surface area contributed by atoms with E-state index in [0.29, 0.717) is 18.6 Å². The number of hydrogen-bond acceptors (Lipinski definition) is 6. The first kappa shape index (κ1) is 19.0. The SMILES string of the molecule is COCCOC(=O)C1=C(N)OC2=C(C(=O)CCC2)[C@H]1c1ccc(F)c(F)c1. The predicted molar refractivity (Wildman–Crippen MR) is 90.1 cm³/mol. The Morgan fingerprint density at radius 2 is 2.04 bits per heavy atom. The molecule has 0 aromatic heterocycles. The van der Waals surface area contributed by atoms with Gasteiger partial charge in [-0.15, -0.1) is 0 Å². The molecule has 2 N–H and O–H groups in total. The third-order valence-electron chi connectivity index (χ3n) is 4.50. The Morgan fingerprint density at radius 3 is 2.74 bits per heavy atom. The smallest absolute Gasteiger partial charge is 0.340 e. The van der Waals surface area contributed by atoms with Crippen molar-refractivity contribution in [1.29, 1.82) is 0 Å². The van der Waals surface area contributed by atoms with Crippen LogP contribution in [0.15, 0.2) is 41.0 Å². The number of rotatable bonds is 5. The molecule has 1 heterocycles. The molecule has 1 aromatic rings. The van der Waals surface area contributed by atoms with Gasteiger partial charge in [0.25, 0.3) is 0 Å². The fourth-order valence-corrected chi connectivity index (χ4v) is 3.28. The summed E-state index contributed by atoms with van der Waals surface area (Å²) in [6, 6.07) is 3.21. The molecule has 1 atom stereocenters. The average molecular weight is 379 g/mol. The molecule has 0 unspecified atom stereocenters. The number of carbonyl (C=O) groups excluding carboxylic acids is 2. The normalized spacial score (nSPS) is 19.7. The zero-order valence-corrected chi connectivity index (χ0v) is 14.7. The molecule has 3 rings (SSSR count). The van der Waals surface area contributed by atoms with E-state index in [1.54, 1.807) is 0 Å². The molecule has 0 saturated heterocycles. The molecule has 2 aliphatic rings. The summed E-state index contributed by atoms with van der Waals surface area (Å²) in [5.41, 5.74) is 6.30. The first-order valence-corrected chi connectivity index (χ1v) is 8.48. The van der Waals surface area contributed by atoms with E-state index in [-0.39, 0.29) is 48.0 Å². The van der Waals surface area contributed by atoms with Crippen LogP contribution in [0.5, 0.6) is 0 Å². The summed E-state index contributed by atoms with van der Waals surface area (Å²) in [6.45, 7) is 0.138. The molecule has 1 aliphatic heterocycles. The number of hydrogen-bond donors (Lipinski definition) is 1. The van der Waals surface area contributed by atoms with Gasteiger partial charge in [-0.3, -0.25) is 4.79 Å². The molecule has 27 heavy (non-hydrogen) atoms. The van der Waals surface area contributed by atoms with Gasteiger partial charge in [0, 0.05) is 25.5 Å². The van der Waals surface area contributed by atoms with Gasteiger partial charge in [0.2, 0.25) is 5.88 Å². The van der Waals surface area contributed by atoms with Crippen LogP contribution in [-0.2, 0) is 23.8 Å². The number of ether oxygens (including phenoxy) is 3. The number of carbonyl (C=O) groups is 2. The molecule has 0 bridgehead atoms. The van der Waals surface area contributed by atoms with Crippen LogP contribution in [0.2, 0.25) is 0 Å². The molecule has 144 valence electrons. The van der Waals surface area contributed by atoms with Gasteiger partial charge in [0.15, 0.2) is 17.4 Å². The number of methoxy groups -OCH3 is 1.